The van der Waals surface area contributed by atoms with Crippen LogP contribution in [0, 0.1) is 0 Å². The Bertz CT molecular complexity index is 1210. The molecule has 4 rings (SSSR count). The quantitative estimate of drug-likeness (QED) is 0.359. The summed E-state index contributed by atoms with van der Waals surface area (Å²) in [6, 6.07) is 29.2. The summed E-state index contributed by atoms with van der Waals surface area (Å²) in [6.45, 7) is 0.502. The Morgan fingerprint density at radius 1 is 0.857 bits per heavy atom. The first-order valence-electron chi connectivity index (χ1n) is 11.5. The Labute approximate surface area is 205 Å². The summed E-state index contributed by atoms with van der Waals surface area (Å²) in [7, 11) is 1.61. The summed E-state index contributed by atoms with van der Waals surface area (Å²) in [5.74, 6) is 0.950. The van der Waals surface area contributed by atoms with Gasteiger partial charge in [-0.1, -0.05) is 72.8 Å². The Morgan fingerprint density at radius 2 is 1.54 bits per heavy atom. The van der Waals surface area contributed by atoms with Crippen LogP contribution in [-0.2, 0) is 29.1 Å². The third-order valence-corrected chi connectivity index (χ3v) is 5.72. The van der Waals surface area contributed by atoms with E-state index in [1.807, 2.05) is 84.9 Å². The molecule has 35 heavy (non-hydrogen) atoms. The molecular weight excluding hydrogens is 440 g/mol. The maximum atomic E-state index is 13.7. The molecule has 4 aromatic rings. The van der Waals surface area contributed by atoms with Crippen LogP contribution in [0.25, 0.3) is 0 Å². The van der Waals surface area contributed by atoms with E-state index in [2.05, 4.69) is 5.32 Å². The maximum Gasteiger partial charge on any atom is 0.247 e. The molecule has 1 N–H and O–H groups in total. The minimum Gasteiger partial charge on any atom is -0.497 e. The molecule has 2 amide bonds. The minimum absolute atomic E-state index is 0.144. The summed E-state index contributed by atoms with van der Waals surface area (Å²) in [4.78, 5) is 28.9. The zero-order chi connectivity index (χ0) is 24.5. The van der Waals surface area contributed by atoms with Gasteiger partial charge in [0.05, 0.1) is 26.3 Å². The standard InChI is InChI=1S/C29H28N2O4/c1-34-25-16-14-23(15-17-25)21-31(27(32)19-22-9-4-2-5-10-22)28(24-11-6-3-7-12-24)29(33)30-20-26-13-8-18-35-26/h2-18,28H,19-21H2,1H3,(H,30,33). The lowest BCUT2D eigenvalue weighted by Gasteiger charge is -2.32. The number of rotatable bonds is 10. The molecule has 0 aliphatic heterocycles. The monoisotopic (exact) mass is 468 g/mol. The van der Waals surface area contributed by atoms with E-state index in [-0.39, 0.29) is 31.3 Å². The lowest BCUT2D eigenvalue weighted by atomic mass is 10.0. The van der Waals surface area contributed by atoms with Crippen LogP contribution in [0.5, 0.6) is 5.75 Å². The molecule has 0 saturated carbocycles. The first kappa shape index (κ1) is 23.8. The van der Waals surface area contributed by atoms with Gasteiger partial charge in [0, 0.05) is 6.54 Å². The van der Waals surface area contributed by atoms with Gasteiger partial charge in [0.25, 0.3) is 0 Å². The van der Waals surface area contributed by atoms with Crippen LogP contribution in [-0.4, -0.2) is 23.8 Å². The average molecular weight is 469 g/mol. The molecule has 1 unspecified atom stereocenters. The van der Waals surface area contributed by atoms with Crippen LogP contribution in [0.4, 0.5) is 0 Å². The Kier molecular flexibility index (Phi) is 7.96. The molecule has 1 aromatic heterocycles. The molecule has 0 aliphatic carbocycles. The second kappa shape index (κ2) is 11.7. The smallest absolute Gasteiger partial charge is 0.247 e. The molecule has 178 valence electrons. The first-order chi connectivity index (χ1) is 17.1. The van der Waals surface area contributed by atoms with E-state index in [1.165, 1.54) is 0 Å². The number of benzene rings is 3. The van der Waals surface area contributed by atoms with Gasteiger partial charge in [0.1, 0.15) is 17.6 Å². The van der Waals surface area contributed by atoms with Gasteiger partial charge in [0.15, 0.2) is 0 Å². The number of methoxy groups -OCH3 is 1. The Hall–Kier alpha value is -4.32. The van der Waals surface area contributed by atoms with E-state index < -0.39 is 6.04 Å². The zero-order valence-corrected chi connectivity index (χ0v) is 19.6. The predicted molar refractivity (Wildman–Crippen MR) is 133 cm³/mol. The van der Waals surface area contributed by atoms with Crippen molar-refractivity contribution in [1.82, 2.24) is 10.2 Å². The minimum atomic E-state index is -0.815. The van der Waals surface area contributed by atoms with Crippen molar-refractivity contribution < 1.29 is 18.7 Å². The maximum absolute atomic E-state index is 13.7. The van der Waals surface area contributed by atoms with Crippen LogP contribution < -0.4 is 10.1 Å². The molecule has 3 aromatic carbocycles. The Balaban J connectivity index is 1.66. The van der Waals surface area contributed by atoms with E-state index in [1.54, 1.807) is 30.4 Å². The van der Waals surface area contributed by atoms with E-state index in [4.69, 9.17) is 9.15 Å². The van der Waals surface area contributed by atoms with Crippen molar-refractivity contribution in [2.75, 3.05) is 7.11 Å². The normalized spacial score (nSPS) is 11.5. The highest BCUT2D eigenvalue weighted by atomic mass is 16.5. The van der Waals surface area contributed by atoms with Gasteiger partial charge in [-0.3, -0.25) is 9.59 Å². The third-order valence-electron chi connectivity index (χ3n) is 5.72. The number of carbonyl (C=O) groups is 2. The number of hydrogen-bond donors (Lipinski definition) is 1. The zero-order valence-electron chi connectivity index (χ0n) is 19.6. The second-order valence-electron chi connectivity index (χ2n) is 8.14. The third kappa shape index (κ3) is 6.38. The lowest BCUT2D eigenvalue weighted by molar-refractivity contribution is -0.141. The van der Waals surface area contributed by atoms with Crippen LogP contribution in [0.1, 0.15) is 28.5 Å². The highest BCUT2D eigenvalue weighted by Crippen LogP contribution is 2.26. The van der Waals surface area contributed by atoms with Crippen molar-refractivity contribution in [3.63, 3.8) is 0 Å². The molecule has 1 heterocycles. The molecule has 0 spiro atoms. The van der Waals surface area contributed by atoms with Gasteiger partial charge >= 0.3 is 0 Å². The Morgan fingerprint density at radius 3 is 2.17 bits per heavy atom. The lowest BCUT2D eigenvalue weighted by Crippen LogP contribution is -2.43. The fraction of sp³-hybridized carbons (Fsp3) is 0.172. The number of hydrogen-bond acceptors (Lipinski definition) is 4. The summed E-state index contributed by atoms with van der Waals surface area (Å²) in [5.41, 5.74) is 2.52. The van der Waals surface area contributed by atoms with Crippen molar-refractivity contribution in [1.29, 1.82) is 0 Å². The van der Waals surface area contributed by atoms with Crippen LogP contribution >= 0.6 is 0 Å². The molecule has 0 saturated heterocycles. The molecule has 6 heteroatoms. The van der Waals surface area contributed by atoms with Gasteiger partial charge in [-0.05, 0) is 41.0 Å². The summed E-state index contributed by atoms with van der Waals surface area (Å²) < 4.78 is 10.6. The van der Waals surface area contributed by atoms with Gasteiger partial charge in [-0.2, -0.15) is 0 Å². The topological polar surface area (TPSA) is 71.8 Å². The van der Waals surface area contributed by atoms with Crippen molar-refractivity contribution in [3.8, 4) is 5.75 Å². The van der Waals surface area contributed by atoms with Crippen molar-refractivity contribution in [2.24, 2.45) is 0 Å². The highest BCUT2D eigenvalue weighted by Gasteiger charge is 2.31. The number of ether oxygens (including phenoxy) is 1. The van der Waals surface area contributed by atoms with E-state index in [0.717, 1.165) is 22.4 Å². The second-order valence-corrected chi connectivity index (χ2v) is 8.14. The molecule has 0 bridgehead atoms. The van der Waals surface area contributed by atoms with E-state index >= 15 is 0 Å². The first-order valence-corrected chi connectivity index (χ1v) is 11.5. The van der Waals surface area contributed by atoms with Crippen molar-refractivity contribution in [3.05, 3.63) is 126 Å². The van der Waals surface area contributed by atoms with Gasteiger partial charge in [0.2, 0.25) is 11.8 Å². The van der Waals surface area contributed by atoms with Gasteiger partial charge in [-0.25, -0.2) is 0 Å². The molecule has 0 fully saturated rings. The SMILES string of the molecule is COc1ccc(CN(C(=O)Cc2ccccc2)C(C(=O)NCc2ccco2)c2ccccc2)cc1. The van der Waals surface area contributed by atoms with E-state index in [9.17, 15) is 9.59 Å². The van der Waals surface area contributed by atoms with Crippen LogP contribution in [0.15, 0.2) is 108 Å². The number of amides is 2. The summed E-state index contributed by atoms with van der Waals surface area (Å²) >= 11 is 0. The summed E-state index contributed by atoms with van der Waals surface area (Å²) in [6.07, 6.45) is 1.75. The fourth-order valence-electron chi connectivity index (χ4n) is 3.92. The molecule has 0 radical (unpaired) electrons. The van der Waals surface area contributed by atoms with Crippen LogP contribution in [0.2, 0.25) is 0 Å². The number of nitrogens with zero attached hydrogens (tertiary/aromatic N) is 1. The molecule has 1 atom stereocenters. The molecule has 0 aliphatic rings. The fourth-order valence-corrected chi connectivity index (χ4v) is 3.92. The largest absolute Gasteiger partial charge is 0.497 e. The average Bonchev–Trinajstić information content (AvgIpc) is 3.42. The van der Waals surface area contributed by atoms with Gasteiger partial charge in [-0.15, -0.1) is 0 Å². The van der Waals surface area contributed by atoms with Gasteiger partial charge < -0.3 is 19.4 Å². The van der Waals surface area contributed by atoms with Crippen LogP contribution in [0.3, 0.4) is 0 Å². The van der Waals surface area contributed by atoms with E-state index in [0.29, 0.717) is 5.76 Å². The number of carbonyl (C=O) groups excluding carboxylic acids is 2. The van der Waals surface area contributed by atoms with Crippen molar-refractivity contribution in [2.45, 2.75) is 25.6 Å². The number of nitrogens with one attached hydrogen (secondary N) is 1. The molecular formula is C29H28N2O4. The van der Waals surface area contributed by atoms with Crippen molar-refractivity contribution >= 4 is 11.8 Å². The predicted octanol–water partition coefficient (Wildman–Crippen LogP) is 4.92. The molecule has 6 nitrogen and oxygen atoms in total. The summed E-state index contributed by atoms with van der Waals surface area (Å²) in [5, 5.41) is 2.94. The number of furan rings is 1. The highest BCUT2D eigenvalue weighted by molar-refractivity contribution is 5.89.